The van der Waals surface area contributed by atoms with E-state index in [1.165, 1.54) is 12.1 Å². The van der Waals surface area contributed by atoms with Gasteiger partial charge in [-0.05, 0) is 106 Å². The van der Waals surface area contributed by atoms with Crippen LogP contribution >= 0.6 is 0 Å². The van der Waals surface area contributed by atoms with E-state index in [0.717, 1.165) is 0 Å². The van der Waals surface area contributed by atoms with Gasteiger partial charge >= 0.3 is 0 Å². The quantitative estimate of drug-likeness (QED) is 0.244. The number of ketones is 2. The molecule has 0 spiro atoms. The highest BCUT2D eigenvalue weighted by atomic mass is 16.7. The van der Waals surface area contributed by atoms with Gasteiger partial charge in [-0.1, -0.05) is 0 Å². The molecule has 5 heterocycles. The smallest absolute Gasteiger partial charge is 0.202 e. The summed E-state index contributed by atoms with van der Waals surface area (Å²) in [7, 11) is 7.45. The number of likely N-dealkylation sites (N-methyl/N-ethyl adjacent to an activating group) is 2. The van der Waals surface area contributed by atoms with Gasteiger partial charge in [0, 0.05) is 34.3 Å². The molecular formula is C41H50N2O11. The number of carbonyl (C=O) groups excluding carboxylic acids is 2. The Kier molecular flexibility index (Phi) is 8.65. The average molecular weight is 747 g/mol. The van der Waals surface area contributed by atoms with E-state index in [9.17, 15) is 24.9 Å². The Bertz CT molecular complexity index is 2160. The molecule has 3 N–H and O–H groups in total. The van der Waals surface area contributed by atoms with Crippen molar-refractivity contribution in [3.8, 4) is 5.75 Å². The van der Waals surface area contributed by atoms with Crippen molar-refractivity contribution in [3.63, 3.8) is 0 Å². The van der Waals surface area contributed by atoms with E-state index in [2.05, 4.69) is 0 Å². The first-order chi connectivity index (χ1) is 25.3. The molecule has 4 saturated heterocycles. The number of ether oxygens (including phenoxy) is 4. The third-order valence-corrected chi connectivity index (χ3v) is 13.0. The molecule has 2 aromatic carbocycles. The maximum Gasteiger partial charge on any atom is 0.202 e. The highest BCUT2D eigenvalue weighted by Crippen LogP contribution is 2.54. The second-order valence-corrected chi connectivity index (χ2v) is 16.9. The summed E-state index contributed by atoms with van der Waals surface area (Å²) in [6.07, 6.45) is -4.44. The van der Waals surface area contributed by atoms with Gasteiger partial charge < -0.3 is 48.5 Å². The molecule has 13 heteroatoms. The number of fused-ring (bicyclic) bond motifs is 4. The third kappa shape index (κ3) is 5.38. The van der Waals surface area contributed by atoms with Crippen LogP contribution in [0.25, 0.3) is 11.0 Å². The molecule has 3 aromatic rings. The molecule has 13 nitrogen and oxygen atoms in total. The van der Waals surface area contributed by atoms with Crippen LogP contribution in [-0.2, 0) is 24.5 Å². The van der Waals surface area contributed by atoms with Gasteiger partial charge in [-0.15, -0.1) is 0 Å². The summed E-state index contributed by atoms with van der Waals surface area (Å²) in [5, 5.41) is 34.7. The molecule has 0 radical (unpaired) electrons. The van der Waals surface area contributed by atoms with Crippen LogP contribution in [0.4, 0.5) is 0 Å². The van der Waals surface area contributed by atoms with Crippen molar-refractivity contribution < 1.29 is 48.3 Å². The van der Waals surface area contributed by atoms with E-state index in [4.69, 9.17) is 23.4 Å². The molecule has 4 aliphatic heterocycles. The van der Waals surface area contributed by atoms with Gasteiger partial charge in [-0.2, -0.15) is 0 Å². The normalized spacial score (nSPS) is 37.5. The number of aryl methyl sites for hydroxylation is 1. The first-order valence-corrected chi connectivity index (χ1v) is 18.7. The molecule has 0 saturated carbocycles. The zero-order valence-electron chi connectivity index (χ0n) is 32.4. The average Bonchev–Trinajstić information content (AvgIpc) is 4.01. The first-order valence-electron chi connectivity index (χ1n) is 18.7. The predicted octanol–water partition coefficient (Wildman–Crippen LogP) is 3.66. The van der Waals surface area contributed by atoms with E-state index in [1.54, 1.807) is 33.8 Å². The van der Waals surface area contributed by atoms with Crippen molar-refractivity contribution >= 4 is 22.5 Å². The maximum atomic E-state index is 15.1. The number of hydrogen-bond acceptors (Lipinski definition) is 13. The molecule has 4 fully saturated rings. The second kappa shape index (κ2) is 12.5. The summed E-state index contributed by atoms with van der Waals surface area (Å²) < 4.78 is 30.9. The standard InChI is InChI=1S/C41H50N2O11/c1-16-11-22-30(37-28(16)24(44)14-27(53-37)41(6)39(54-41)36-18(3)52-36)35(48)31-29(34(22)47)20(25-13-23(42(7)8)32(45)17(2)50-25)12-21(33(31)46)26-15-40(5,43(9)10)38(49)19(4)51-26/h11-12,14,17-19,23,25-26,32,36,38-39,45-46,49H,13,15H2,1-10H3/t17-,18+,19+,23-,25-,26+,32-,36-,38-,39+,40+,41+/m1/s1. The van der Waals surface area contributed by atoms with Crippen LogP contribution in [0, 0.1) is 6.92 Å². The Labute approximate surface area is 313 Å². The van der Waals surface area contributed by atoms with E-state index >= 15 is 4.79 Å². The monoisotopic (exact) mass is 746 g/mol. The Hall–Kier alpha value is -3.53. The molecule has 12 atom stereocenters. The minimum atomic E-state index is -0.970. The molecular weight excluding hydrogens is 696 g/mol. The van der Waals surface area contributed by atoms with Crippen molar-refractivity contribution in [1.82, 2.24) is 9.80 Å². The number of epoxide rings is 2. The van der Waals surface area contributed by atoms with Crippen LogP contribution in [-0.4, -0.2) is 119 Å². The lowest BCUT2D eigenvalue weighted by atomic mass is 9.74. The second-order valence-electron chi connectivity index (χ2n) is 16.9. The first kappa shape index (κ1) is 37.4. The lowest BCUT2D eigenvalue weighted by Crippen LogP contribution is -2.59. The minimum Gasteiger partial charge on any atom is -0.507 e. The summed E-state index contributed by atoms with van der Waals surface area (Å²) in [4.78, 5) is 47.7. The van der Waals surface area contributed by atoms with E-state index in [0.29, 0.717) is 11.1 Å². The zero-order valence-corrected chi connectivity index (χ0v) is 32.4. The van der Waals surface area contributed by atoms with Crippen molar-refractivity contribution in [2.45, 2.75) is 127 Å². The largest absolute Gasteiger partial charge is 0.507 e. The summed E-state index contributed by atoms with van der Waals surface area (Å²) >= 11 is 0. The van der Waals surface area contributed by atoms with Crippen LogP contribution in [0.5, 0.6) is 5.75 Å². The Morgan fingerprint density at radius 2 is 1.48 bits per heavy atom. The van der Waals surface area contributed by atoms with Gasteiger partial charge in [-0.3, -0.25) is 14.4 Å². The molecule has 1 aliphatic carbocycles. The number of carbonyl (C=O) groups is 2. The molecule has 1 aromatic heterocycles. The number of aliphatic hydroxyl groups excluding tert-OH is 2. The fourth-order valence-corrected chi connectivity index (χ4v) is 9.24. The lowest BCUT2D eigenvalue weighted by Gasteiger charge is -2.49. The van der Waals surface area contributed by atoms with Crippen LogP contribution in [0.15, 0.2) is 27.4 Å². The molecule has 0 amide bonds. The number of nitrogens with zero attached hydrogens (tertiary/aromatic N) is 2. The van der Waals surface area contributed by atoms with E-state index < -0.39 is 65.1 Å². The molecule has 290 valence electrons. The number of phenols is 1. The van der Waals surface area contributed by atoms with Crippen LogP contribution in [0.3, 0.4) is 0 Å². The number of hydrogen-bond donors (Lipinski definition) is 3. The van der Waals surface area contributed by atoms with Gasteiger partial charge in [0.15, 0.2) is 16.8 Å². The van der Waals surface area contributed by atoms with E-state index in [-0.39, 0.29) is 87.2 Å². The third-order valence-electron chi connectivity index (χ3n) is 13.0. The number of aromatic hydroxyl groups is 1. The summed E-state index contributed by atoms with van der Waals surface area (Å²) in [5.74, 6) is -1.42. The summed E-state index contributed by atoms with van der Waals surface area (Å²) in [6.45, 7) is 10.9. The number of phenolic OH excluding ortho intramolecular Hbond substituents is 1. The van der Waals surface area contributed by atoms with Crippen molar-refractivity contribution in [2.75, 3.05) is 28.2 Å². The lowest BCUT2D eigenvalue weighted by molar-refractivity contribution is -0.176. The number of benzene rings is 2. The molecule has 5 aliphatic rings. The molecule has 0 unspecified atom stereocenters. The van der Waals surface area contributed by atoms with E-state index in [1.807, 2.05) is 51.8 Å². The summed E-state index contributed by atoms with van der Waals surface area (Å²) in [6, 6.07) is 4.26. The van der Waals surface area contributed by atoms with Crippen LogP contribution < -0.4 is 5.43 Å². The highest BCUT2D eigenvalue weighted by Gasteiger charge is 2.66. The fraction of sp³-hybridized carbons (Fsp3) is 0.585. The molecule has 0 bridgehead atoms. The Morgan fingerprint density at radius 1 is 0.815 bits per heavy atom. The summed E-state index contributed by atoms with van der Waals surface area (Å²) in [5.41, 5.74) is -1.39. The SMILES string of the molecule is Cc1cc2c(c3oc([C@]4(C)O[C@H]4[C@@H]4O[C@H]4C)cc(=O)c13)C(=O)c1c(O)c([C@@H]3C[C@](C)(N(C)C)[C@H](O)[C@H](C)O3)cc([C@H]3C[C@@H](N(C)C)[C@H](O)[C@@H](C)O3)c1C2=O. The van der Waals surface area contributed by atoms with Crippen LogP contribution in [0.1, 0.15) is 114 Å². The minimum absolute atomic E-state index is 0.00321. The zero-order chi connectivity index (χ0) is 39.1. The Balaban J connectivity index is 1.34. The fourth-order valence-electron chi connectivity index (χ4n) is 9.24. The van der Waals surface area contributed by atoms with Crippen molar-refractivity contribution in [2.24, 2.45) is 0 Å². The topological polar surface area (TPSA) is 175 Å². The molecule has 54 heavy (non-hydrogen) atoms. The van der Waals surface area contributed by atoms with Gasteiger partial charge in [0.25, 0.3) is 0 Å². The predicted molar refractivity (Wildman–Crippen MR) is 196 cm³/mol. The van der Waals surface area contributed by atoms with Gasteiger partial charge in [0.05, 0.1) is 59.2 Å². The number of rotatable bonds is 6. The van der Waals surface area contributed by atoms with Gasteiger partial charge in [0.2, 0.25) is 5.78 Å². The Morgan fingerprint density at radius 3 is 2.11 bits per heavy atom. The van der Waals surface area contributed by atoms with Crippen molar-refractivity contribution in [3.05, 3.63) is 73.1 Å². The van der Waals surface area contributed by atoms with Gasteiger partial charge in [-0.25, -0.2) is 0 Å². The van der Waals surface area contributed by atoms with Crippen molar-refractivity contribution in [1.29, 1.82) is 0 Å². The van der Waals surface area contributed by atoms with Gasteiger partial charge in [0.1, 0.15) is 29.3 Å². The number of aliphatic hydroxyl groups is 2. The highest BCUT2D eigenvalue weighted by molar-refractivity contribution is 6.33. The van der Waals surface area contributed by atoms with Crippen LogP contribution in [0.2, 0.25) is 0 Å². The maximum absolute atomic E-state index is 15.1. The molecule has 8 rings (SSSR count).